The number of rotatable bonds is 3. The first kappa shape index (κ1) is 3.47. The average Bonchev–Trinajstić information content (AvgIpc) is 2.11. The number of hydrogen-bond acceptors (Lipinski definition) is 3. The van der Waals surface area contributed by atoms with E-state index in [2.05, 4.69) is 9.47 Å². The topological polar surface area (TPSA) is 35.5 Å². The standard InChI is InChI=1S/C9H10O3/c1-11-8-3-7(6-10)4-9(5-8)12-2/h3-6H,1-2H3/i1D3,2D3. The van der Waals surface area contributed by atoms with Gasteiger partial charge in [0.05, 0.1) is 22.3 Å². The monoisotopic (exact) mass is 172 g/mol. The second-order valence-electron chi connectivity index (χ2n) is 2.06. The minimum absolute atomic E-state index is 0.0519. The van der Waals surface area contributed by atoms with Crippen molar-refractivity contribution in [3.8, 4) is 11.5 Å². The number of carbonyl (C=O) groups is 1. The fourth-order valence-electron chi connectivity index (χ4n) is 0.780. The number of aldehydes is 1. The van der Waals surface area contributed by atoms with Crippen molar-refractivity contribution in [2.75, 3.05) is 14.1 Å². The molecule has 0 fully saturated rings. The van der Waals surface area contributed by atoms with Gasteiger partial charge in [0, 0.05) is 11.6 Å². The van der Waals surface area contributed by atoms with Crippen LogP contribution in [-0.2, 0) is 0 Å². The van der Waals surface area contributed by atoms with Crippen molar-refractivity contribution in [3.05, 3.63) is 23.8 Å². The SMILES string of the molecule is [2H]C([2H])([2H])Oc1cc(C=O)cc(OC([2H])([2H])[2H])c1. The molecular weight excluding hydrogens is 156 g/mol. The van der Waals surface area contributed by atoms with Crippen LogP contribution in [0.3, 0.4) is 0 Å². The lowest BCUT2D eigenvalue weighted by Crippen LogP contribution is -1.89. The zero-order valence-electron chi connectivity index (χ0n) is 12.0. The molecule has 0 aliphatic carbocycles. The Labute approximate surface area is 79.3 Å². The molecule has 0 unspecified atom stereocenters. The molecule has 1 rings (SSSR count). The van der Waals surface area contributed by atoms with Gasteiger partial charge in [0.15, 0.2) is 0 Å². The van der Waals surface area contributed by atoms with Crippen LogP contribution in [0, 0.1) is 0 Å². The van der Waals surface area contributed by atoms with Crippen LogP contribution in [0.5, 0.6) is 11.5 Å². The molecule has 1 aromatic carbocycles. The van der Waals surface area contributed by atoms with E-state index in [0.29, 0.717) is 6.29 Å². The summed E-state index contributed by atoms with van der Waals surface area (Å²) in [7, 11) is -5.39. The maximum atomic E-state index is 10.6. The van der Waals surface area contributed by atoms with Crippen molar-refractivity contribution in [3.63, 3.8) is 0 Å². The molecule has 0 bridgehead atoms. The van der Waals surface area contributed by atoms with Crippen LogP contribution < -0.4 is 9.47 Å². The van der Waals surface area contributed by atoms with Gasteiger partial charge in [-0.05, 0) is 12.1 Å². The molecule has 0 atom stereocenters. The Kier molecular flexibility index (Phi) is 1.09. The molecule has 0 aromatic heterocycles. The predicted molar refractivity (Wildman–Crippen MR) is 44.9 cm³/mol. The van der Waals surface area contributed by atoms with Gasteiger partial charge in [-0.3, -0.25) is 4.79 Å². The minimum atomic E-state index is -2.70. The summed E-state index contributed by atoms with van der Waals surface area (Å²) in [6.45, 7) is 0. The molecule has 3 nitrogen and oxygen atoms in total. The van der Waals surface area contributed by atoms with Gasteiger partial charge in [0.2, 0.25) is 0 Å². The Morgan fingerprint density at radius 3 is 2.25 bits per heavy atom. The smallest absolute Gasteiger partial charge is 0.150 e. The fraction of sp³-hybridized carbons (Fsp3) is 0.222. The van der Waals surface area contributed by atoms with Crippen molar-refractivity contribution in [1.82, 2.24) is 0 Å². The largest absolute Gasteiger partial charge is 0.497 e. The molecule has 12 heavy (non-hydrogen) atoms. The normalized spacial score (nSPS) is 18.7. The second kappa shape index (κ2) is 3.76. The van der Waals surface area contributed by atoms with Crippen LogP contribution in [0.2, 0.25) is 0 Å². The highest BCUT2D eigenvalue weighted by Gasteiger charge is 1.99. The van der Waals surface area contributed by atoms with Crippen molar-refractivity contribution in [1.29, 1.82) is 0 Å². The van der Waals surface area contributed by atoms with Gasteiger partial charge in [-0.25, -0.2) is 0 Å². The van der Waals surface area contributed by atoms with Crippen LogP contribution in [0.1, 0.15) is 18.6 Å². The van der Waals surface area contributed by atoms with Gasteiger partial charge in [0.25, 0.3) is 0 Å². The molecular formula is C9H10O3. The Morgan fingerprint density at radius 1 is 1.25 bits per heavy atom. The third kappa shape index (κ3) is 1.75. The van der Waals surface area contributed by atoms with Gasteiger partial charge < -0.3 is 9.47 Å². The molecule has 0 amide bonds. The van der Waals surface area contributed by atoms with Crippen molar-refractivity contribution >= 4 is 6.29 Å². The Hall–Kier alpha value is -1.51. The highest BCUT2D eigenvalue weighted by atomic mass is 16.5. The Balaban J connectivity index is 3.05. The number of methoxy groups -OCH3 is 2. The van der Waals surface area contributed by atoms with E-state index in [1.54, 1.807) is 0 Å². The van der Waals surface area contributed by atoms with E-state index in [-0.39, 0.29) is 17.1 Å². The molecule has 3 heteroatoms. The van der Waals surface area contributed by atoms with E-state index in [0.717, 1.165) is 6.07 Å². The fourth-order valence-corrected chi connectivity index (χ4v) is 0.780. The first-order valence-corrected chi connectivity index (χ1v) is 3.07. The highest BCUT2D eigenvalue weighted by molar-refractivity contribution is 5.76. The molecule has 0 N–H and O–H groups in total. The van der Waals surface area contributed by atoms with Crippen LogP contribution in [0.15, 0.2) is 18.2 Å². The van der Waals surface area contributed by atoms with Crippen LogP contribution >= 0.6 is 0 Å². The van der Waals surface area contributed by atoms with Gasteiger partial charge in [-0.1, -0.05) is 0 Å². The van der Waals surface area contributed by atoms with E-state index >= 15 is 0 Å². The summed E-state index contributed by atoms with van der Waals surface area (Å²) >= 11 is 0. The lowest BCUT2D eigenvalue weighted by molar-refractivity contribution is 0.112. The molecule has 0 heterocycles. The van der Waals surface area contributed by atoms with Gasteiger partial charge in [0.1, 0.15) is 17.8 Å². The van der Waals surface area contributed by atoms with Crippen LogP contribution in [0.4, 0.5) is 0 Å². The van der Waals surface area contributed by atoms with E-state index in [1.807, 2.05) is 0 Å². The summed E-state index contributed by atoms with van der Waals surface area (Å²) < 4.78 is 50.7. The summed E-state index contributed by atoms with van der Waals surface area (Å²) in [6.07, 6.45) is 0.429. The average molecular weight is 172 g/mol. The number of benzene rings is 1. The lowest BCUT2D eigenvalue weighted by Gasteiger charge is -2.04. The summed E-state index contributed by atoms with van der Waals surface area (Å²) in [5, 5.41) is 0. The highest BCUT2D eigenvalue weighted by Crippen LogP contribution is 2.21. The summed E-state index contributed by atoms with van der Waals surface area (Å²) in [6, 6.07) is 3.43. The predicted octanol–water partition coefficient (Wildman–Crippen LogP) is 1.52. The summed E-state index contributed by atoms with van der Waals surface area (Å²) in [5.41, 5.74) is 0.0519. The van der Waals surface area contributed by atoms with E-state index in [1.165, 1.54) is 12.1 Å². The number of carbonyl (C=O) groups excluding carboxylic acids is 1. The zero-order chi connectivity index (χ0) is 14.0. The molecule has 64 valence electrons. The quantitative estimate of drug-likeness (QED) is 0.648. The summed E-state index contributed by atoms with van der Waals surface area (Å²) in [5.74, 6) is -0.335. The van der Waals surface area contributed by atoms with Crippen molar-refractivity contribution < 1.29 is 22.5 Å². The van der Waals surface area contributed by atoms with Crippen LogP contribution in [-0.4, -0.2) is 20.4 Å². The first-order chi connectivity index (χ1) is 8.09. The van der Waals surface area contributed by atoms with Crippen molar-refractivity contribution in [2.24, 2.45) is 0 Å². The molecule has 0 spiro atoms. The maximum absolute atomic E-state index is 10.6. The van der Waals surface area contributed by atoms with E-state index < -0.39 is 14.1 Å². The van der Waals surface area contributed by atoms with Gasteiger partial charge >= 0.3 is 0 Å². The van der Waals surface area contributed by atoms with E-state index in [4.69, 9.17) is 8.22 Å². The summed E-state index contributed by atoms with van der Waals surface area (Å²) in [4.78, 5) is 10.6. The molecule has 0 aliphatic heterocycles. The Bertz CT molecular complexity index is 403. The van der Waals surface area contributed by atoms with Gasteiger partial charge in [-0.15, -0.1) is 0 Å². The Morgan fingerprint density at radius 2 is 1.83 bits per heavy atom. The van der Waals surface area contributed by atoms with Crippen molar-refractivity contribution in [2.45, 2.75) is 0 Å². The molecule has 0 aliphatic rings. The second-order valence-corrected chi connectivity index (χ2v) is 2.06. The van der Waals surface area contributed by atoms with Crippen LogP contribution in [0.25, 0.3) is 0 Å². The minimum Gasteiger partial charge on any atom is -0.497 e. The first-order valence-electron chi connectivity index (χ1n) is 6.07. The molecule has 0 saturated carbocycles. The van der Waals surface area contributed by atoms with E-state index in [9.17, 15) is 4.79 Å². The molecule has 1 aromatic rings. The third-order valence-electron chi connectivity index (χ3n) is 1.27. The molecule has 0 saturated heterocycles. The maximum Gasteiger partial charge on any atom is 0.150 e. The lowest BCUT2D eigenvalue weighted by atomic mass is 10.2. The van der Waals surface area contributed by atoms with Gasteiger partial charge in [-0.2, -0.15) is 0 Å². The third-order valence-corrected chi connectivity index (χ3v) is 1.27. The number of ether oxygens (including phenoxy) is 2. The molecule has 0 radical (unpaired) electrons. The number of hydrogen-bond donors (Lipinski definition) is 0. The zero-order valence-corrected chi connectivity index (χ0v) is 6.03.